The summed E-state index contributed by atoms with van der Waals surface area (Å²) in [6.45, 7) is 5.96. The van der Waals surface area contributed by atoms with E-state index in [4.69, 9.17) is 4.74 Å². The highest BCUT2D eigenvalue weighted by Crippen LogP contribution is 2.19. The quantitative estimate of drug-likeness (QED) is 0.622. The fourth-order valence-corrected chi connectivity index (χ4v) is 2.64. The molecule has 0 aliphatic heterocycles. The third-order valence-electron chi connectivity index (χ3n) is 4.14. The van der Waals surface area contributed by atoms with E-state index in [9.17, 15) is 9.59 Å². The number of benzene rings is 2. The van der Waals surface area contributed by atoms with Gasteiger partial charge in [0.25, 0.3) is 5.91 Å². The second-order valence-electron chi connectivity index (χ2n) is 6.69. The van der Waals surface area contributed by atoms with Gasteiger partial charge in [-0.2, -0.15) is 0 Å². The molecule has 0 saturated carbocycles. The molecule has 144 valence electrons. The number of hydrogen-bond donors (Lipinski definition) is 2. The molecular formula is C22H28N2O3. The number of rotatable bonds is 9. The van der Waals surface area contributed by atoms with E-state index in [-0.39, 0.29) is 18.4 Å². The van der Waals surface area contributed by atoms with Crippen molar-refractivity contribution in [3.63, 3.8) is 0 Å². The zero-order valence-electron chi connectivity index (χ0n) is 16.3. The monoisotopic (exact) mass is 368 g/mol. The van der Waals surface area contributed by atoms with Crippen molar-refractivity contribution >= 4 is 23.2 Å². The van der Waals surface area contributed by atoms with E-state index in [2.05, 4.69) is 17.6 Å². The molecule has 0 radical (unpaired) electrons. The lowest BCUT2D eigenvalue weighted by atomic mass is 10.1. The molecule has 0 atom stereocenters. The molecule has 2 aromatic rings. The van der Waals surface area contributed by atoms with E-state index in [0.717, 1.165) is 30.4 Å². The van der Waals surface area contributed by atoms with Crippen molar-refractivity contribution in [2.24, 2.45) is 0 Å². The van der Waals surface area contributed by atoms with Gasteiger partial charge in [-0.15, -0.1) is 0 Å². The van der Waals surface area contributed by atoms with Crippen LogP contribution < -0.4 is 15.4 Å². The summed E-state index contributed by atoms with van der Waals surface area (Å²) in [5.41, 5.74) is 3.36. The SMILES string of the molecule is CCCCCC(=O)Nc1cccc(NC(=O)COc2cc(C)ccc2C)c1. The first-order valence-corrected chi connectivity index (χ1v) is 9.37. The summed E-state index contributed by atoms with van der Waals surface area (Å²) in [6.07, 6.45) is 3.52. The molecule has 0 bridgehead atoms. The Kier molecular flexibility index (Phi) is 7.86. The molecule has 0 aliphatic carbocycles. The molecule has 2 N–H and O–H groups in total. The fourth-order valence-electron chi connectivity index (χ4n) is 2.64. The summed E-state index contributed by atoms with van der Waals surface area (Å²) in [7, 11) is 0. The molecule has 0 spiro atoms. The van der Waals surface area contributed by atoms with Gasteiger partial charge in [0.05, 0.1) is 0 Å². The number of aryl methyl sites for hydroxylation is 2. The van der Waals surface area contributed by atoms with Crippen molar-refractivity contribution in [3.8, 4) is 5.75 Å². The maximum Gasteiger partial charge on any atom is 0.262 e. The zero-order chi connectivity index (χ0) is 19.6. The van der Waals surface area contributed by atoms with Crippen molar-refractivity contribution in [1.29, 1.82) is 0 Å². The summed E-state index contributed by atoms with van der Waals surface area (Å²) in [4.78, 5) is 24.1. The Bertz CT molecular complexity index is 787. The Hall–Kier alpha value is -2.82. The molecule has 0 saturated heterocycles. The number of anilines is 2. The van der Waals surface area contributed by atoms with Crippen LogP contribution in [0.5, 0.6) is 5.75 Å². The summed E-state index contributed by atoms with van der Waals surface area (Å²) in [5, 5.41) is 5.66. The van der Waals surface area contributed by atoms with Gasteiger partial charge in [0, 0.05) is 17.8 Å². The number of unbranched alkanes of at least 4 members (excludes halogenated alkanes) is 2. The summed E-state index contributed by atoms with van der Waals surface area (Å²) in [5.74, 6) is 0.450. The topological polar surface area (TPSA) is 67.4 Å². The lowest BCUT2D eigenvalue weighted by Gasteiger charge is -2.11. The van der Waals surface area contributed by atoms with Crippen LogP contribution in [0.3, 0.4) is 0 Å². The van der Waals surface area contributed by atoms with Crippen LogP contribution in [0.4, 0.5) is 11.4 Å². The molecule has 5 heteroatoms. The third kappa shape index (κ3) is 7.13. The Morgan fingerprint density at radius 3 is 2.33 bits per heavy atom. The highest BCUT2D eigenvalue weighted by molar-refractivity contribution is 5.94. The van der Waals surface area contributed by atoms with Crippen LogP contribution in [0.1, 0.15) is 43.7 Å². The van der Waals surface area contributed by atoms with E-state index in [1.807, 2.05) is 32.0 Å². The number of hydrogen-bond acceptors (Lipinski definition) is 3. The second kappa shape index (κ2) is 10.4. The van der Waals surface area contributed by atoms with E-state index in [1.54, 1.807) is 24.3 Å². The van der Waals surface area contributed by atoms with Crippen molar-refractivity contribution in [2.75, 3.05) is 17.2 Å². The standard InChI is InChI=1S/C22H28N2O3/c1-4-5-6-10-21(25)23-18-8-7-9-19(14-18)24-22(26)15-27-20-13-16(2)11-12-17(20)3/h7-9,11-14H,4-6,10,15H2,1-3H3,(H,23,25)(H,24,26). The maximum atomic E-state index is 12.2. The summed E-state index contributed by atoms with van der Waals surface area (Å²) in [6, 6.07) is 13.0. The van der Waals surface area contributed by atoms with Crippen LogP contribution in [-0.4, -0.2) is 18.4 Å². The molecule has 0 aliphatic rings. The lowest BCUT2D eigenvalue weighted by Crippen LogP contribution is -2.20. The van der Waals surface area contributed by atoms with Gasteiger partial charge in [0.2, 0.25) is 5.91 Å². The van der Waals surface area contributed by atoms with E-state index in [1.165, 1.54) is 0 Å². The van der Waals surface area contributed by atoms with Crippen LogP contribution >= 0.6 is 0 Å². The fraction of sp³-hybridized carbons (Fsp3) is 0.364. The van der Waals surface area contributed by atoms with Crippen molar-refractivity contribution in [1.82, 2.24) is 0 Å². The molecule has 2 aromatic carbocycles. The molecular weight excluding hydrogens is 340 g/mol. The number of ether oxygens (including phenoxy) is 1. The van der Waals surface area contributed by atoms with E-state index >= 15 is 0 Å². The summed E-state index contributed by atoms with van der Waals surface area (Å²) >= 11 is 0. The van der Waals surface area contributed by atoms with Gasteiger partial charge in [-0.3, -0.25) is 9.59 Å². The molecule has 0 aromatic heterocycles. The van der Waals surface area contributed by atoms with Gasteiger partial charge in [-0.25, -0.2) is 0 Å². The number of carbonyl (C=O) groups is 2. The third-order valence-corrected chi connectivity index (χ3v) is 4.14. The molecule has 0 unspecified atom stereocenters. The Morgan fingerprint density at radius 2 is 1.63 bits per heavy atom. The van der Waals surface area contributed by atoms with Gasteiger partial charge < -0.3 is 15.4 Å². The number of carbonyl (C=O) groups excluding carboxylic acids is 2. The van der Waals surface area contributed by atoms with Gasteiger partial charge >= 0.3 is 0 Å². The minimum atomic E-state index is -0.248. The normalized spacial score (nSPS) is 10.3. The molecule has 5 nitrogen and oxygen atoms in total. The Labute approximate surface area is 161 Å². The van der Waals surface area contributed by atoms with Crippen molar-refractivity contribution in [3.05, 3.63) is 53.6 Å². The second-order valence-corrected chi connectivity index (χ2v) is 6.69. The average Bonchev–Trinajstić information content (AvgIpc) is 2.63. The zero-order valence-corrected chi connectivity index (χ0v) is 16.3. The highest BCUT2D eigenvalue weighted by atomic mass is 16.5. The first kappa shape index (κ1) is 20.5. The number of amides is 2. The molecule has 27 heavy (non-hydrogen) atoms. The lowest BCUT2D eigenvalue weighted by molar-refractivity contribution is -0.118. The first-order valence-electron chi connectivity index (χ1n) is 9.37. The van der Waals surface area contributed by atoms with Crippen LogP contribution in [0.2, 0.25) is 0 Å². The minimum absolute atomic E-state index is 0.00909. The largest absolute Gasteiger partial charge is 0.483 e. The maximum absolute atomic E-state index is 12.2. The van der Waals surface area contributed by atoms with Crippen LogP contribution in [-0.2, 0) is 9.59 Å². The number of nitrogens with one attached hydrogen (secondary N) is 2. The van der Waals surface area contributed by atoms with Crippen LogP contribution in [0.25, 0.3) is 0 Å². The smallest absolute Gasteiger partial charge is 0.262 e. The predicted octanol–water partition coefficient (Wildman–Crippen LogP) is 4.84. The van der Waals surface area contributed by atoms with Crippen molar-refractivity contribution < 1.29 is 14.3 Å². The average molecular weight is 368 g/mol. The highest BCUT2D eigenvalue weighted by Gasteiger charge is 2.07. The van der Waals surface area contributed by atoms with Gasteiger partial charge in [0.1, 0.15) is 5.75 Å². The van der Waals surface area contributed by atoms with Gasteiger partial charge in [-0.1, -0.05) is 38.0 Å². The van der Waals surface area contributed by atoms with Gasteiger partial charge in [-0.05, 0) is 55.7 Å². The van der Waals surface area contributed by atoms with Crippen molar-refractivity contribution in [2.45, 2.75) is 46.5 Å². The minimum Gasteiger partial charge on any atom is -0.483 e. The summed E-state index contributed by atoms with van der Waals surface area (Å²) < 4.78 is 5.62. The molecule has 0 fully saturated rings. The molecule has 2 amide bonds. The van der Waals surface area contributed by atoms with E-state index < -0.39 is 0 Å². The predicted molar refractivity (Wildman–Crippen MR) is 109 cm³/mol. The van der Waals surface area contributed by atoms with E-state index in [0.29, 0.717) is 23.5 Å². The molecule has 2 rings (SSSR count). The Morgan fingerprint density at radius 1 is 0.926 bits per heavy atom. The van der Waals surface area contributed by atoms with Gasteiger partial charge in [0.15, 0.2) is 6.61 Å². The Balaban J connectivity index is 1.86. The van der Waals surface area contributed by atoms with Crippen LogP contribution in [0.15, 0.2) is 42.5 Å². The van der Waals surface area contributed by atoms with Crippen LogP contribution in [0, 0.1) is 13.8 Å². The molecule has 0 heterocycles. The first-order chi connectivity index (χ1) is 13.0.